The number of ether oxygens (including phenoxy) is 2. The summed E-state index contributed by atoms with van der Waals surface area (Å²) in [5, 5.41) is 7.00. The summed E-state index contributed by atoms with van der Waals surface area (Å²) in [6.07, 6.45) is 4.12. The van der Waals surface area contributed by atoms with Gasteiger partial charge in [0.25, 0.3) is 0 Å². The summed E-state index contributed by atoms with van der Waals surface area (Å²) >= 11 is 0. The Bertz CT molecular complexity index is 1000. The topological polar surface area (TPSA) is 47.0 Å². The van der Waals surface area contributed by atoms with Gasteiger partial charge in [-0.2, -0.15) is 5.10 Å². The molecule has 2 atom stereocenters. The minimum atomic E-state index is -0.338. The third-order valence-corrected chi connectivity index (χ3v) is 5.10. The smallest absolute Gasteiger partial charge is 0.217 e. The lowest BCUT2D eigenvalue weighted by Crippen LogP contribution is -2.33. The van der Waals surface area contributed by atoms with E-state index in [0.717, 1.165) is 40.3 Å². The minimum absolute atomic E-state index is 0.125. The summed E-state index contributed by atoms with van der Waals surface area (Å²) in [4.78, 5) is 4.24. The number of hydrogen-bond acceptors (Lipinski definition) is 5. The fourth-order valence-electron chi connectivity index (χ4n) is 3.82. The zero-order valence-corrected chi connectivity index (χ0v) is 14.9. The molecule has 2 aliphatic heterocycles. The normalized spacial score (nSPS) is 20.3. The molecule has 0 bridgehead atoms. The third-order valence-electron chi connectivity index (χ3n) is 5.10. The Labute approximate surface area is 157 Å². The van der Waals surface area contributed by atoms with Crippen molar-refractivity contribution in [3.63, 3.8) is 0 Å². The van der Waals surface area contributed by atoms with E-state index in [1.165, 1.54) is 0 Å². The Morgan fingerprint density at radius 3 is 2.63 bits per heavy atom. The molecule has 5 heteroatoms. The highest BCUT2D eigenvalue weighted by molar-refractivity contribution is 6.01. The average Bonchev–Trinajstić information content (AvgIpc) is 3.19. The van der Waals surface area contributed by atoms with E-state index >= 15 is 0 Å². The fourth-order valence-corrected chi connectivity index (χ4v) is 3.82. The molecule has 5 rings (SSSR count). The van der Waals surface area contributed by atoms with Crippen LogP contribution < -0.4 is 9.47 Å². The SMILES string of the molecule is COc1ccccc1[C@@H]1Oc2ccccc2[C@H]2CC(c3cccnc3)=NN21. The summed E-state index contributed by atoms with van der Waals surface area (Å²) < 4.78 is 12.0. The van der Waals surface area contributed by atoms with Crippen LogP contribution in [0.25, 0.3) is 0 Å². The first-order valence-corrected chi connectivity index (χ1v) is 9.00. The molecule has 0 aliphatic carbocycles. The molecule has 0 fully saturated rings. The van der Waals surface area contributed by atoms with Crippen molar-refractivity contribution in [1.29, 1.82) is 0 Å². The second-order valence-electron chi connectivity index (χ2n) is 6.64. The first-order valence-electron chi connectivity index (χ1n) is 9.00. The molecule has 0 saturated carbocycles. The van der Waals surface area contributed by atoms with Crippen LogP contribution in [-0.4, -0.2) is 22.8 Å². The summed E-state index contributed by atoms with van der Waals surface area (Å²) in [5.41, 5.74) is 4.19. The van der Waals surface area contributed by atoms with Crippen LogP contribution >= 0.6 is 0 Å². The van der Waals surface area contributed by atoms with Crippen LogP contribution in [0.4, 0.5) is 0 Å². The van der Waals surface area contributed by atoms with E-state index in [9.17, 15) is 0 Å². The summed E-state index contributed by atoms with van der Waals surface area (Å²) in [6.45, 7) is 0. The van der Waals surface area contributed by atoms with Gasteiger partial charge in [0.1, 0.15) is 11.5 Å². The lowest BCUT2D eigenvalue weighted by Gasteiger charge is -2.38. The molecule has 0 N–H and O–H groups in total. The molecule has 0 spiro atoms. The largest absolute Gasteiger partial charge is 0.496 e. The van der Waals surface area contributed by atoms with Crippen molar-refractivity contribution in [2.45, 2.75) is 18.7 Å². The van der Waals surface area contributed by atoms with Crippen molar-refractivity contribution in [3.8, 4) is 11.5 Å². The number of hydrogen-bond donors (Lipinski definition) is 0. The number of hydrazone groups is 1. The number of fused-ring (bicyclic) bond motifs is 3. The molecule has 3 heterocycles. The highest BCUT2D eigenvalue weighted by Crippen LogP contribution is 2.48. The number of rotatable bonds is 3. The van der Waals surface area contributed by atoms with Gasteiger partial charge in [0.15, 0.2) is 0 Å². The van der Waals surface area contributed by atoms with Gasteiger partial charge in [-0.15, -0.1) is 0 Å². The maximum Gasteiger partial charge on any atom is 0.217 e. The Hall–Kier alpha value is -3.34. The number of pyridine rings is 1. The van der Waals surface area contributed by atoms with Gasteiger partial charge < -0.3 is 9.47 Å². The van der Waals surface area contributed by atoms with Gasteiger partial charge >= 0.3 is 0 Å². The Morgan fingerprint density at radius 2 is 1.81 bits per heavy atom. The molecule has 0 amide bonds. The van der Waals surface area contributed by atoms with Crippen LogP contribution in [0, 0.1) is 0 Å². The molecule has 134 valence electrons. The second-order valence-corrected chi connectivity index (χ2v) is 6.64. The maximum absolute atomic E-state index is 6.38. The van der Waals surface area contributed by atoms with Crippen molar-refractivity contribution < 1.29 is 9.47 Å². The lowest BCUT2D eigenvalue weighted by atomic mass is 9.96. The predicted octanol–water partition coefficient (Wildman–Crippen LogP) is 4.33. The highest BCUT2D eigenvalue weighted by Gasteiger charge is 2.41. The van der Waals surface area contributed by atoms with Crippen molar-refractivity contribution in [2.75, 3.05) is 7.11 Å². The van der Waals surface area contributed by atoms with E-state index in [4.69, 9.17) is 14.6 Å². The van der Waals surface area contributed by atoms with Gasteiger partial charge in [0, 0.05) is 29.9 Å². The molecular formula is C22H19N3O2. The van der Waals surface area contributed by atoms with Gasteiger partial charge in [-0.1, -0.05) is 36.4 Å². The minimum Gasteiger partial charge on any atom is -0.496 e. The van der Waals surface area contributed by atoms with Crippen LogP contribution in [0.1, 0.15) is 35.4 Å². The summed E-state index contributed by atoms with van der Waals surface area (Å²) in [5.74, 6) is 1.70. The van der Waals surface area contributed by atoms with Gasteiger partial charge in [0.05, 0.1) is 24.4 Å². The van der Waals surface area contributed by atoms with Crippen molar-refractivity contribution in [3.05, 3.63) is 89.7 Å². The van der Waals surface area contributed by atoms with E-state index in [-0.39, 0.29) is 12.3 Å². The molecule has 0 saturated heterocycles. The maximum atomic E-state index is 6.38. The van der Waals surface area contributed by atoms with E-state index < -0.39 is 0 Å². The third kappa shape index (κ3) is 2.63. The van der Waals surface area contributed by atoms with Crippen molar-refractivity contribution >= 4 is 5.71 Å². The zero-order chi connectivity index (χ0) is 18.2. The fraction of sp³-hybridized carbons (Fsp3) is 0.182. The van der Waals surface area contributed by atoms with Gasteiger partial charge in [-0.05, 0) is 24.3 Å². The van der Waals surface area contributed by atoms with E-state index in [1.54, 1.807) is 13.3 Å². The highest BCUT2D eigenvalue weighted by atomic mass is 16.5. The quantitative estimate of drug-likeness (QED) is 0.700. The summed E-state index contributed by atoms with van der Waals surface area (Å²) in [7, 11) is 1.68. The van der Waals surface area contributed by atoms with Crippen molar-refractivity contribution in [2.24, 2.45) is 5.10 Å². The van der Waals surface area contributed by atoms with Crippen LogP contribution in [0.5, 0.6) is 11.5 Å². The number of nitrogens with zero attached hydrogens (tertiary/aromatic N) is 3. The van der Waals surface area contributed by atoms with Gasteiger partial charge in [-0.3, -0.25) is 4.98 Å². The first kappa shape index (κ1) is 15.9. The molecule has 2 aliphatic rings. The van der Waals surface area contributed by atoms with Crippen LogP contribution in [0.3, 0.4) is 0 Å². The molecule has 2 aromatic carbocycles. The Kier molecular flexibility index (Phi) is 3.78. The molecule has 0 unspecified atom stereocenters. The number of benzene rings is 2. The standard InChI is InChI=1S/C22H19N3O2/c1-26-20-10-4-3-9-17(20)22-25-19(16-8-2-5-11-21(16)27-22)13-18(24-25)15-7-6-12-23-14-15/h2-12,14,19,22H,13H2,1H3/t19-,22+/m1/s1. The molecule has 0 radical (unpaired) electrons. The first-order chi connectivity index (χ1) is 13.3. The average molecular weight is 357 g/mol. The number of methoxy groups -OCH3 is 1. The van der Waals surface area contributed by atoms with Crippen LogP contribution in [0.2, 0.25) is 0 Å². The number of aromatic nitrogens is 1. The monoisotopic (exact) mass is 357 g/mol. The molecular weight excluding hydrogens is 338 g/mol. The molecule has 27 heavy (non-hydrogen) atoms. The zero-order valence-electron chi connectivity index (χ0n) is 14.9. The van der Waals surface area contributed by atoms with Crippen LogP contribution in [-0.2, 0) is 0 Å². The van der Waals surface area contributed by atoms with Crippen molar-refractivity contribution in [1.82, 2.24) is 9.99 Å². The molecule has 5 nitrogen and oxygen atoms in total. The number of para-hydroxylation sites is 2. The van der Waals surface area contributed by atoms with Gasteiger partial charge in [0.2, 0.25) is 6.23 Å². The van der Waals surface area contributed by atoms with E-state index in [0.29, 0.717) is 0 Å². The molecule has 1 aromatic heterocycles. The van der Waals surface area contributed by atoms with E-state index in [1.807, 2.05) is 54.7 Å². The van der Waals surface area contributed by atoms with Gasteiger partial charge in [-0.25, -0.2) is 5.01 Å². The molecule has 3 aromatic rings. The summed E-state index contributed by atoms with van der Waals surface area (Å²) in [6, 6.07) is 20.3. The lowest BCUT2D eigenvalue weighted by molar-refractivity contribution is -0.0203. The Morgan fingerprint density at radius 1 is 1.00 bits per heavy atom. The van der Waals surface area contributed by atoms with E-state index in [2.05, 4.69) is 22.1 Å². The predicted molar refractivity (Wildman–Crippen MR) is 103 cm³/mol. The van der Waals surface area contributed by atoms with Crippen LogP contribution in [0.15, 0.2) is 78.2 Å². The second kappa shape index (κ2) is 6.43. The Balaban J connectivity index is 1.63.